The molecule has 14 heavy (non-hydrogen) atoms. The number of rotatable bonds is 5. The van der Waals surface area contributed by atoms with E-state index in [9.17, 15) is 9.59 Å². The first-order valence-electron chi connectivity index (χ1n) is 3.87. The maximum absolute atomic E-state index is 11.0. The summed E-state index contributed by atoms with van der Waals surface area (Å²) in [6.07, 6.45) is 0.900. The van der Waals surface area contributed by atoms with Gasteiger partial charge in [-0.15, -0.1) is 6.58 Å². The fraction of sp³-hybridized carbons (Fsp3) is 0.500. The molecule has 0 aromatic carbocycles. The number of ether oxygens (including phenoxy) is 2. The number of aliphatic hydroxyl groups is 1. The van der Waals surface area contributed by atoms with Crippen LogP contribution in [0.4, 0.5) is 4.79 Å². The standard InChI is InChI=1S/C8H13NO5/c1-3-4-9(2)8(12)14-6-13-7(11)5-10/h3,10H,1,4-6H2,2H3. The monoisotopic (exact) mass is 203 g/mol. The Morgan fingerprint density at radius 2 is 2.14 bits per heavy atom. The number of likely N-dealkylation sites (N-methyl/N-ethyl adjacent to an activating group) is 1. The molecule has 0 bridgehead atoms. The number of carbonyl (C=O) groups excluding carboxylic acids is 2. The predicted molar refractivity (Wildman–Crippen MR) is 47.4 cm³/mol. The summed E-state index contributed by atoms with van der Waals surface area (Å²) < 4.78 is 8.82. The molecular formula is C8H13NO5. The van der Waals surface area contributed by atoms with Crippen molar-refractivity contribution in [2.45, 2.75) is 0 Å². The molecule has 0 aliphatic rings. The minimum Gasteiger partial charge on any atom is -0.426 e. The number of hydrogen-bond donors (Lipinski definition) is 1. The van der Waals surface area contributed by atoms with Crippen molar-refractivity contribution in [2.75, 3.05) is 27.0 Å². The Morgan fingerprint density at radius 1 is 1.50 bits per heavy atom. The molecule has 0 radical (unpaired) electrons. The lowest BCUT2D eigenvalue weighted by atomic mass is 10.6. The van der Waals surface area contributed by atoms with Gasteiger partial charge >= 0.3 is 12.1 Å². The van der Waals surface area contributed by atoms with Crippen LogP contribution >= 0.6 is 0 Å². The molecule has 0 unspecified atom stereocenters. The van der Waals surface area contributed by atoms with Crippen molar-refractivity contribution in [3.8, 4) is 0 Å². The van der Waals surface area contributed by atoms with E-state index in [4.69, 9.17) is 5.11 Å². The normalized spacial score (nSPS) is 9.00. The third kappa shape index (κ3) is 5.15. The molecular weight excluding hydrogens is 190 g/mol. The third-order valence-corrected chi connectivity index (χ3v) is 1.25. The zero-order valence-corrected chi connectivity index (χ0v) is 7.93. The minimum absolute atomic E-state index is 0.340. The van der Waals surface area contributed by atoms with Gasteiger partial charge in [0.15, 0.2) is 0 Å². The van der Waals surface area contributed by atoms with Crippen molar-refractivity contribution in [2.24, 2.45) is 0 Å². The topological polar surface area (TPSA) is 76.1 Å². The largest absolute Gasteiger partial charge is 0.426 e. The van der Waals surface area contributed by atoms with E-state index in [2.05, 4.69) is 16.1 Å². The highest BCUT2D eigenvalue weighted by Gasteiger charge is 2.08. The number of carbonyl (C=O) groups is 2. The van der Waals surface area contributed by atoms with Crippen LogP contribution in [0, 0.1) is 0 Å². The molecule has 6 nitrogen and oxygen atoms in total. The summed E-state index contributed by atoms with van der Waals surface area (Å²) in [5, 5.41) is 8.25. The molecule has 0 atom stereocenters. The van der Waals surface area contributed by atoms with Crippen molar-refractivity contribution >= 4 is 12.1 Å². The van der Waals surface area contributed by atoms with Gasteiger partial charge in [0.25, 0.3) is 0 Å². The van der Waals surface area contributed by atoms with Crippen LogP contribution in [0.15, 0.2) is 12.7 Å². The second-order valence-corrected chi connectivity index (χ2v) is 2.37. The van der Waals surface area contributed by atoms with Gasteiger partial charge in [0.05, 0.1) is 0 Å². The van der Waals surface area contributed by atoms with Gasteiger partial charge in [-0.3, -0.25) is 0 Å². The third-order valence-electron chi connectivity index (χ3n) is 1.25. The molecule has 0 heterocycles. The van der Waals surface area contributed by atoms with E-state index >= 15 is 0 Å². The maximum atomic E-state index is 11.0. The second kappa shape index (κ2) is 6.90. The first-order valence-corrected chi connectivity index (χ1v) is 3.87. The van der Waals surface area contributed by atoms with E-state index < -0.39 is 25.5 Å². The van der Waals surface area contributed by atoms with Gasteiger partial charge in [0.2, 0.25) is 6.79 Å². The van der Waals surface area contributed by atoms with Gasteiger partial charge < -0.3 is 19.5 Å². The lowest BCUT2D eigenvalue weighted by Gasteiger charge is -2.14. The summed E-state index contributed by atoms with van der Waals surface area (Å²) in [6, 6.07) is 0. The van der Waals surface area contributed by atoms with Crippen LogP contribution < -0.4 is 0 Å². The van der Waals surface area contributed by atoms with Crippen molar-refractivity contribution in [3.05, 3.63) is 12.7 Å². The van der Waals surface area contributed by atoms with Crippen molar-refractivity contribution < 1.29 is 24.2 Å². The van der Waals surface area contributed by atoms with E-state index in [1.807, 2.05) is 0 Å². The van der Waals surface area contributed by atoms with E-state index in [-0.39, 0.29) is 0 Å². The van der Waals surface area contributed by atoms with Gasteiger partial charge in [-0.05, 0) is 0 Å². The average Bonchev–Trinajstić information content (AvgIpc) is 2.17. The van der Waals surface area contributed by atoms with Crippen LogP contribution in [0.5, 0.6) is 0 Å². The second-order valence-electron chi connectivity index (χ2n) is 2.37. The van der Waals surface area contributed by atoms with E-state index in [1.54, 1.807) is 0 Å². The van der Waals surface area contributed by atoms with Crippen molar-refractivity contribution in [3.63, 3.8) is 0 Å². The number of aliphatic hydroxyl groups excluding tert-OH is 1. The average molecular weight is 203 g/mol. The zero-order valence-electron chi connectivity index (χ0n) is 7.93. The van der Waals surface area contributed by atoms with E-state index in [0.717, 1.165) is 0 Å². The molecule has 0 aromatic heterocycles. The Bertz CT molecular complexity index is 216. The molecule has 1 N–H and O–H groups in total. The van der Waals surface area contributed by atoms with E-state index in [1.165, 1.54) is 18.0 Å². The highest BCUT2D eigenvalue weighted by Crippen LogP contribution is 1.90. The van der Waals surface area contributed by atoms with Gasteiger partial charge in [-0.1, -0.05) is 6.08 Å². The van der Waals surface area contributed by atoms with Crippen LogP contribution in [0.25, 0.3) is 0 Å². The molecule has 80 valence electrons. The maximum Gasteiger partial charge on any atom is 0.412 e. The van der Waals surface area contributed by atoms with E-state index in [0.29, 0.717) is 6.54 Å². The Labute approximate surface area is 81.7 Å². The van der Waals surface area contributed by atoms with Crippen LogP contribution in [-0.2, 0) is 14.3 Å². The van der Waals surface area contributed by atoms with Gasteiger partial charge in [0, 0.05) is 13.6 Å². The fourth-order valence-corrected chi connectivity index (χ4v) is 0.570. The van der Waals surface area contributed by atoms with Crippen LogP contribution in [0.2, 0.25) is 0 Å². The zero-order chi connectivity index (χ0) is 11.0. The summed E-state index contributed by atoms with van der Waals surface area (Å²) in [7, 11) is 1.51. The molecule has 0 rings (SSSR count). The molecule has 1 amide bonds. The first-order chi connectivity index (χ1) is 6.61. The number of nitrogens with zero attached hydrogens (tertiary/aromatic N) is 1. The molecule has 6 heteroatoms. The lowest BCUT2D eigenvalue weighted by molar-refractivity contribution is -0.155. The lowest BCUT2D eigenvalue weighted by Crippen LogP contribution is -2.28. The Hall–Kier alpha value is -1.56. The Balaban J connectivity index is 3.63. The minimum atomic E-state index is -0.843. The molecule has 0 aliphatic heterocycles. The van der Waals surface area contributed by atoms with Gasteiger partial charge in [-0.2, -0.15) is 0 Å². The number of hydrogen-bond acceptors (Lipinski definition) is 5. The quantitative estimate of drug-likeness (QED) is 0.378. The van der Waals surface area contributed by atoms with Gasteiger partial charge in [0.1, 0.15) is 6.61 Å². The Morgan fingerprint density at radius 3 is 2.64 bits per heavy atom. The van der Waals surface area contributed by atoms with Crippen molar-refractivity contribution in [1.82, 2.24) is 4.90 Å². The highest BCUT2D eigenvalue weighted by molar-refractivity contribution is 5.71. The molecule has 0 saturated heterocycles. The van der Waals surface area contributed by atoms with Crippen LogP contribution in [0.1, 0.15) is 0 Å². The molecule has 0 aromatic rings. The fourth-order valence-electron chi connectivity index (χ4n) is 0.570. The summed E-state index contributed by atoms with van der Waals surface area (Å²) >= 11 is 0. The summed E-state index contributed by atoms with van der Waals surface area (Å²) in [5.41, 5.74) is 0. The summed E-state index contributed by atoms with van der Waals surface area (Å²) in [6.45, 7) is 2.54. The number of amides is 1. The SMILES string of the molecule is C=CCN(C)C(=O)OCOC(=O)CO. The highest BCUT2D eigenvalue weighted by atomic mass is 16.7. The predicted octanol–water partition coefficient (Wildman–Crippen LogP) is -0.266. The summed E-state index contributed by atoms with van der Waals surface area (Å²) in [5.74, 6) is -0.843. The Kier molecular flexibility index (Phi) is 6.13. The molecule has 0 saturated carbocycles. The summed E-state index contributed by atoms with van der Waals surface area (Å²) in [4.78, 5) is 22.7. The van der Waals surface area contributed by atoms with Crippen molar-refractivity contribution in [1.29, 1.82) is 0 Å². The first kappa shape index (κ1) is 12.4. The van der Waals surface area contributed by atoms with Crippen LogP contribution in [0.3, 0.4) is 0 Å². The molecule has 0 spiro atoms. The molecule has 0 fully saturated rings. The number of esters is 1. The molecule has 0 aliphatic carbocycles. The van der Waals surface area contributed by atoms with Gasteiger partial charge in [-0.25, -0.2) is 9.59 Å². The smallest absolute Gasteiger partial charge is 0.412 e. The van der Waals surface area contributed by atoms with Crippen LogP contribution in [-0.4, -0.2) is 49.1 Å².